The summed E-state index contributed by atoms with van der Waals surface area (Å²) in [5.74, 6) is -0.263. The van der Waals surface area contributed by atoms with Gasteiger partial charge in [-0.05, 0) is 42.3 Å². The van der Waals surface area contributed by atoms with Gasteiger partial charge in [-0.3, -0.25) is 10.3 Å². The average Bonchev–Trinajstić information content (AvgIpc) is 2.76. The zero-order valence-corrected chi connectivity index (χ0v) is 8.65. The maximum atomic E-state index is 12.7. The summed E-state index contributed by atoms with van der Waals surface area (Å²) in [6, 6.07) is 6.16. The lowest BCUT2D eigenvalue weighted by atomic mass is 10.1. The van der Waals surface area contributed by atoms with Gasteiger partial charge < -0.3 is 4.79 Å². The van der Waals surface area contributed by atoms with Crippen LogP contribution in [0.1, 0.15) is 18.4 Å². The summed E-state index contributed by atoms with van der Waals surface area (Å²) >= 11 is 0. The highest BCUT2D eigenvalue weighted by atomic mass is 19.1. The number of hydroxylamine groups is 1. The van der Waals surface area contributed by atoms with E-state index in [-0.39, 0.29) is 11.9 Å². The van der Waals surface area contributed by atoms with Crippen molar-refractivity contribution in [2.24, 2.45) is 0 Å². The van der Waals surface area contributed by atoms with Crippen molar-refractivity contribution < 1.29 is 14.0 Å². The SMILES string of the molecule is O=CCCC1C=C(c2ccc(F)cc2)NO1. The smallest absolute Gasteiger partial charge is 0.123 e. The Kier molecular flexibility index (Phi) is 3.31. The van der Waals surface area contributed by atoms with Gasteiger partial charge in [0.05, 0.1) is 5.70 Å². The standard InChI is InChI=1S/C12H12FNO2/c13-10-5-3-9(4-6-10)12-8-11(16-14-12)2-1-7-15/h3-8,11,14H,1-2H2. The van der Waals surface area contributed by atoms with Crippen LogP contribution in [-0.2, 0) is 9.63 Å². The van der Waals surface area contributed by atoms with Crippen LogP contribution < -0.4 is 5.48 Å². The Morgan fingerprint density at radius 1 is 1.38 bits per heavy atom. The Bertz CT molecular complexity index is 400. The quantitative estimate of drug-likeness (QED) is 0.791. The van der Waals surface area contributed by atoms with E-state index in [1.54, 1.807) is 12.1 Å². The molecule has 2 rings (SSSR count). The number of carbonyl (C=O) groups excluding carboxylic acids is 1. The summed E-state index contributed by atoms with van der Waals surface area (Å²) in [4.78, 5) is 15.5. The fourth-order valence-electron chi connectivity index (χ4n) is 1.55. The molecule has 0 saturated heterocycles. The third kappa shape index (κ3) is 2.46. The highest BCUT2D eigenvalue weighted by molar-refractivity contribution is 5.64. The first kappa shape index (κ1) is 10.8. The van der Waals surface area contributed by atoms with Gasteiger partial charge in [0, 0.05) is 6.42 Å². The first-order chi connectivity index (χ1) is 7.79. The van der Waals surface area contributed by atoms with Crippen molar-refractivity contribution >= 4 is 12.0 Å². The molecular weight excluding hydrogens is 209 g/mol. The van der Waals surface area contributed by atoms with Crippen LogP contribution in [0.4, 0.5) is 4.39 Å². The summed E-state index contributed by atoms with van der Waals surface area (Å²) < 4.78 is 12.7. The summed E-state index contributed by atoms with van der Waals surface area (Å²) in [7, 11) is 0. The Morgan fingerprint density at radius 3 is 2.81 bits per heavy atom. The van der Waals surface area contributed by atoms with E-state index in [9.17, 15) is 9.18 Å². The molecule has 1 aliphatic rings. The van der Waals surface area contributed by atoms with Gasteiger partial charge in [-0.1, -0.05) is 0 Å². The molecular formula is C12H12FNO2. The fourth-order valence-corrected chi connectivity index (χ4v) is 1.55. The van der Waals surface area contributed by atoms with Crippen LogP contribution in [0.25, 0.3) is 5.70 Å². The van der Waals surface area contributed by atoms with Gasteiger partial charge in [-0.15, -0.1) is 0 Å². The molecule has 0 aromatic heterocycles. The first-order valence-electron chi connectivity index (χ1n) is 5.12. The third-order valence-electron chi connectivity index (χ3n) is 2.40. The number of benzene rings is 1. The minimum Gasteiger partial charge on any atom is -0.303 e. The van der Waals surface area contributed by atoms with Crippen LogP contribution in [0, 0.1) is 5.82 Å². The van der Waals surface area contributed by atoms with E-state index < -0.39 is 0 Å². The van der Waals surface area contributed by atoms with E-state index >= 15 is 0 Å². The molecule has 1 heterocycles. The van der Waals surface area contributed by atoms with E-state index in [1.807, 2.05) is 6.08 Å². The van der Waals surface area contributed by atoms with Gasteiger partial charge in [0.25, 0.3) is 0 Å². The van der Waals surface area contributed by atoms with Gasteiger partial charge in [0.1, 0.15) is 18.2 Å². The molecule has 0 aliphatic carbocycles. The highest BCUT2D eigenvalue weighted by Crippen LogP contribution is 2.20. The number of hydrogen-bond acceptors (Lipinski definition) is 3. The molecule has 16 heavy (non-hydrogen) atoms. The lowest BCUT2D eigenvalue weighted by Gasteiger charge is -2.04. The van der Waals surface area contributed by atoms with Crippen LogP contribution >= 0.6 is 0 Å². The maximum Gasteiger partial charge on any atom is 0.123 e. The van der Waals surface area contributed by atoms with E-state index in [1.165, 1.54) is 12.1 Å². The first-order valence-corrected chi connectivity index (χ1v) is 5.12. The average molecular weight is 221 g/mol. The molecule has 0 amide bonds. The molecule has 0 bridgehead atoms. The van der Waals surface area contributed by atoms with Gasteiger partial charge in [-0.25, -0.2) is 4.39 Å². The number of hydrogen-bond donors (Lipinski definition) is 1. The summed E-state index contributed by atoms with van der Waals surface area (Å²) in [5, 5.41) is 0. The van der Waals surface area contributed by atoms with Crippen molar-refractivity contribution in [2.75, 3.05) is 0 Å². The molecule has 84 valence electrons. The highest BCUT2D eigenvalue weighted by Gasteiger charge is 2.16. The second-order valence-electron chi connectivity index (χ2n) is 3.59. The maximum absolute atomic E-state index is 12.7. The van der Waals surface area contributed by atoms with Crippen LogP contribution in [-0.4, -0.2) is 12.4 Å². The molecule has 1 aromatic rings. The molecule has 1 N–H and O–H groups in total. The molecule has 0 radical (unpaired) electrons. The number of rotatable bonds is 4. The van der Waals surface area contributed by atoms with Crippen LogP contribution in [0.3, 0.4) is 0 Å². The van der Waals surface area contributed by atoms with Crippen LogP contribution in [0.5, 0.6) is 0 Å². The summed E-state index contributed by atoms with van der Waals surface area (Å²) in [5.41, 5.74) is 4.46. The van der Waals surface area contributed by atoms with Crippen molar-refractivity contribution in [1.29, 1.82) is 0 Å². The molecule has 1 aliphatic heterocycles. The predicted octanol–water partition coefficient (Wildman–Crippen LogP) is 2.05. The zero-order valence-electron chi connectivity index (χ0n) is 8.65. The Hall–Kier alpha value is -1.68. The number of aldehydes is 1. The van der Waals surface area contributed by atoms with E-state index in [2.05, 4.69) is 5.48 Å². The monoisotopic (exact) mass is 221 g/mol. The van der Waals surface area contributed by atoms with Crippen molar-refractivity contribution in [2.45, 2.75) is 18.9 Å². The fraction of sp³-hybridized carbons (Fsp3) is 0.250. The van der Waals surface area contributed by atoms with Crippen molar-refractivity contribution in [3.8, 4) is 0 Å². The lowest BCUT2D eigenvalue weighted by Crippen LogP contribution is -2.12. The van der Waals surface area contributed by atoms with Gasteiger partial charge >= 0.3 is 0 Å². The molecule has 1 atom stereocenters. The lowest BCUT2D eigenvalue weighted by molar-refractivity contribution is -0.108. The number of carbonyl (C=O) groups is 1. The zero-order chi connectivity index (χ0) is 11.4. The van der Waals surface area contributed by atoms with Gasteiger partial charge in [0.15, 0.2) is 0 Å². The van der Waals surface area contributed by atoms with E-state index in [4.69, 9.17) is 4.84 Å². The molecule has 1 aromatic carbocycles. The Morgan fingerprint density at radius 2 is 2.12 bits per heavy atom. The second-order valence-corrected chi connectivity index (χ2v) is 3.59. The van der Waals surface area contributed by atoms with Crippen molar-refractivity contribution in [3.05, 3.63) is 41.7 Å². The molecule has 0 fully saturated rings. The molecule has 0 spiro atoms. The minimum atomic E-state index is -0.263. The number of halogens is 1. The summed E-state index contributed by atoms with van der Waals surface area (Å²) in [6.07, 6.45) is 3.80. The van der Waals surface area contributed by atoms with Crippen LogP contribution in [0.2, 0.25) is 0 Å². The molecule has 0 saturated carbocycles. The predicted molar refractivity (Wildman–Crippen MR) is 57.7 cm³/mol. The molecule has 3 nitrogen and oxygen atoms in total. The Balaban J connectivity index is 2.05. The van der Waals surface area contributed by atoms with E-state index in [0.29, 0.717) is 12.8 Å². The normalized spacial score (nSPS) is 19.1. The molecule has 4 heteroatoms. The van der Waals surface area contributed by atoms with Crippen molar-refractivity contribution in [1.82, 2.24) is 5.48 Å². The third-order valence-corrected chi connectivity index (χ3v) is 2.40. The molecule has 1 unspecified atom stereocenters. The van der Waals surface area contributed by atoms with E-state index in [0.717, 1.165) is 17.5 Å². The van der Waals surface area contributed by atoms with Crippen LogP contribution in [0.15, 0.2) is 30.3 Å². The largest absolute Gasteiger partial charge is 0.303 e. The Labute approximate surface area is 92.9 Å². The minimum absolute atomic E-state index is 0.0924. The summed E-state index contributed by atoms with van der Waals surface area (Å²) in [6.45, 7) is 0. The van der Waals surface area contributed by atoms with Crippen molar-refractivity contribution in [3.63, 3.8) is 0 Å². The second kappa shape index (κ2) is 4.90. The van der Waals surface area contributed by atoms with Gasteiger partial charge in [0.2, 0.25) is 0 Å². The number of nitrogens with one attached hydrogen (secondary N) is 1. The van der Waals surface area contributed by atoms with Gasteiger partial charge in [-0.2, -0.15) is 0 Å². The topological polar surface area (TPSA) is 38.3 Å².